The molecule has 1 aliphatic rings. The fourth-order valence-corrected chi connectivity index (χ4v) is 7.08. The average molecular weight is 522 g/mol. The molecule has 1 amide bonds. The minimum Gasteiger partial charge on any atom is -0.390 e. The number of rotatable bonds is 14. The molecule has 0 unspecified atom stereocenters. The third-order valence-corrected chi connectivity index (χ3v) is 9.61. The van der Waals surface area contributed by atoms with Crippen LogP contribution in [0.2, 0.25) is 0 Å². The molecule has 3 rings (SSSR count). The second kappa shape index (κ2) is 12.2. The molecule has 2 N–H and O–H groups in total. The Hall–Kier alpha value is -2.14. The van der Waals surface area contributed by atoms with Gasteiger partial charge in [0.1, 0.15) is 5.78 Å². The molecule has 0 bridgehead atoms. The zero-order valence-electron chi connectivity index (χ0n) is 20.6. The van der Waals surface area contributed by atoms with Crippen molar-refractivity contribution in [2.75, 3.05) is 13.1 Å². The van der Waals surface area contributed by atoms with Crippen molar-refractivity contribution in [3.05, 3.63) is 46.6 Å². The van der Waals surface area contributed by atoms with Crippen molar-refractivity contribution in [3.63, 3.8) is 0 Å². The molecule has 1 fully saturated rings. The fourth-order valence-electron chi connectivity index (χ4n) is 3.92. The van der Waals surface area contributed by atoms with E-state index in [0.717, 1.165) is 29.7 Å². The van der Waals surface area contributed by atoms with E-state index in [1.54, 1.807) is 20.8 Å². The van der Waals surface area contributed by atoms with Crippen molar-refractivity contribution < 1.29 is 23.1 Å². The predicted molar refractivity (Wildman–Crippen MR) is 136 cm³/mol. The molecule has 0 aliphatic heterocycles. The summed E-state index contributed by atoms with van der Waals surface area (Å²) < 4.78 is 28.6. The number of aliphatic hydroxyl groups is 1. The predicted octanol–water partition coefficient (Wildman–Crippen LogP) is 3.01. The van der Waals surface area contributed by atoms with Gasteiger partial charge in [-0.2, -0.15) is 4.31 Å². The molecule has 8 nitrogen and oxygen atoms in total. The van der Waals surface area contributed by atoms with Crippen LogP contribution in [-0.2, 0) is 26.0 Å². The molecule has 2 aromatic rings. The van der Waals surface area contributed by atoms with Gasteiger partial charge in [-0.1, -0.05) is 37.3 Å². The summed E-state index contributed by atoms with van der Waals surface area (Å²) in [5.41, 5.74) is 1.37. The molecule has 0 radical (unpaired) electrons. The van der Waals surface area contributed by atoms with Gasteiger partial charge in [0.15, 0.2) is 4.21 Å². The second-order valence-electron chi connectivity index (χ2n) is 9.19. The minimum atomic E-state index is -3.85. The molecule has 2 atom stereocenters. The number of nitrogens with one attached hydrogen (secondary N) is 1. The Morgan fingerprint density at radius 2 is 1.89 bits per heavy atom. The smallest absolute Gasteiger partial charge is 0.254 e. The number of Topliss-reactive ketones (excluding diaryl/α,β-unsaturated/α-hetero) is 1. The van der Waals surface area contributed by atoms with Crippen molar-refractivity contribution in [1.82, 2.24) is 14.6 Å². The number of amides is 1. The first-order chi connectivity index (χ1) is 16.6. The van der Waals surface area contributed by atoms with Crippen molar-refractivity contribution in [3.8, 4) is 0 Å². The summed E-state index contributed by atoms with van der Waals surface area (Å²) >= 11 is 1.13. The van der Waals surface area contributed by atoms with Gasteiger partial charge in [0.25, 0.3) is 10.0 Å². The fraction of sp³-hybridized carbons (Fsp3) is 0.560. The third kappa shape index (κ3) is 7.93. The zero-order valence-corrected chi connectivity index (χ0v) is 22.2. The van der Waals surface area contributed by atoms with E-state index in [-0.39, 0.29) is 41.2 Å². The summed E-state index contributed by atoms with van der Waals surface area (Å²) in [6.07, 6.45) is 1.66. The Morgan fingerprint density at radius 3 is 2.46 bits per heavy atom. The lowest BCUT2D eigenvalue weighted by atomic mass is 10.0. The van der Waals surface area contributed by atoms with Crippen LogP contribution in [0.15, 0.2) is 34.5 Å². The Kier molecular flexibility index (Phi) is 9.57. The molecule has 10 heteroatoms. The maximum absolute atomic E-state index is 13.5. The summed E-state index contributed by atoms with van der Waals surface area (Å²) in [4.78, 5) is 28.5. The van der Waals surface area contributed by atoms with Crippen LogP contribution in [0.3, 0.4) is 0 Å². The van der Waals surface area contributed by atoms with Crippen LogP contribution in [0.25, 0.3) is 0 Å². The number of aryl methyl sites for hydroxylation is 2. The SMILES string of the molecule is CCC(=O)CCC(=O)N[C@@H](Cc1ccccc1)[C@H](O)CN(CC1CC1)S(=O)(=O)c1sc(C)nc1C. The van der Waals surface area contributed by atoms with E-state index in [1.165, 1.54) is 4.31 Å². The maximum atomic E-state index is 13.5. The highest BCUT2D eigenvalue weighted by atomic mass is 32.2. The van der Waals surface area contributed by atoms with E-state index < -0.39 is 22.2 Å². The standard InChI is InChI=1S/C25H35N3O5S2/c1-4-21(29)12-13-24(31)27-22(14-19-8-6-5-7-9-19)23(30)16-28(15-20-10-11-20)35(32,33)25-17(2)26-18(3)34-25/h5-9,20,22-23,30H,4,10-16H2,1-3H3,(H,27,31)/t22-,23+/m0/s1. The number of ketones is 1. The maximum Gasteiger partial charge on any atom is 0.254 e. The van der Waals surface area contributed by atoms with E-state index in [2.05, 4.69) is 10.3 Å². The number of aromatic nitrogens is 1. The third-order valence-electron chi connectivity index (χ3n) is 6.12. The summed E-state index contributed by atoms with van der Waals surface area (Å²) in [7, 11) is -3.85. The number of aliphatic hydroxyl groups excluding tert-OH is 1. The van der Waals surface area contributed by atoms with Crippen LogP contribution < -0.4 is 5.32 Å². The quantitative estimate of drug-likeness (QED) is 0.395. The number of benzene rings is 1. The summed E-state index contributed by atoms with van der Waals surface area (Å²) in [6.45, 7) is 5.39. The van der Waals surface area contributed by atoms with Crippen LogP contribution in [0.4, 0.5) is 0 Å². The van der Waals surface area contributed by atoms with Gasteiger partial charge in [0.2, 0.25) is 5.91 Å². The van der Waals surface area contributed by atoms with Crippen LogP contribution >= 0.6 is 11.3 Å². The first kappa shape index (κ1) is 27.4. The lowest BCUT2D eigenvalue weighted by molar-refractivity contribution is -0.126. The van der Waals surface area contributed by atoms with E-state index in [4.69, 9.17) is 0 Å². The zero-order chi connectivity index (χ0) is 25.6. The molecule has 1 aliphatic carbocycles. The summed E-state index contributed by atoms with van der Waals surface area (Å²) in [6, 6.07) is 8.72. The Morgan fingerprint density at radius 1 is 1.20 bits per heavy atom. The van der Waals surface area contributed by atoms with Gasteiger partial charge >= 0.3 is 0 Å². The van der Waals surface area contributed by atoms with Crippen LogP contribution in [0.1, 0.15) is 55.3 Å². The lowest BCUT2D eigenvalue weighted by Gasteiger charge is -2.29. The molecule has 1 heterocycles. The first-order valence-corrected chi connectivity index (χ1v) is 14.3. The Labute approximate surface area is 211 Å². The normalized spacial score (nSPS) is 15.7. The molecule has 1 aromatic heterocycles. The van der Waals surface area contributed by atoms with Crippen molar-refractivity contribution >= 4 is 33.1 Å². The van der Waals surface area contributed by atoms with Gasteiger partial charge in [0, 0.05) is 32.4 Å². The highest BCUT2D eigenvalue weighted by molar-refractivity contribution is 7.91. The number of hydrogen-bond donors (Lipinski definition) is 2. The van der Waals surface area contributed by atoms with Gasteiger partial charge in [-0.25, -0.2) is 13.4 Å². The van der Waals surface area contributed by atoms with Gasteiger partial charge in [-0.15, -0.1) is 11.3 Å². The topological polar surface area (TPSA) is 117 Å². The largest absolute Gasteiger partial charge is 0.390 e. The van der Waals surface area contributed by atoms with Crippen LogP contribution in [0.5, 0.6) is 0 Å². The highest BCUT2D eigenvalue weighted by Crippen LogP contribution is 2.33. The van der Waals surface area contributed by atoms with Gasteiger partial charge in [0.05, 0.1) is 22.8 Å². The molecule has 0 spiro atoms. The molecule has 1 aromatic carbocycles. The van der Waals surface area contributed by atoms with E-state index in [0.29, 0.717) is 30.1 Å². The highest BCUT2D eigenvalue weighted by Gasteiger charge is 2.36. The molecular formula is C25H35N3O5S2. The van der Waals surface area contributed by atoms with Gasteiger partial charge < -0.3 is 10.4 Å². The van der Waals surface area contributed by atoms with Gasteiger partial charge in [-0.3, -0.25) is 9.59 Å². The molecule has 1 saturated carbocycles. The van der Waals surface area contributed by atoms with Crippen molar-refractivity contribution in [2.24, 2.45) is 5.92 Å². The first-order valence-electron chi connectivity index (χ1n) is 12.1. The number of carbonyl (C=O) groups is 2. The minimum absolute atomic E-state index is 0.00256. The van der Waals surface area contributed by atoms with Gasteiger partial charge in [-0.05, 0) is 44.6 Å². The van der Waals surface area contributed by atoms with Crippen LogP contribution in [0, 0.1) is 19.8 Å². The van der Waals surface area contributed by atoms with E-state index in [9.17, 15) is 23.1 Å². The summed E-state index contributed by atoms with van der Waals surface area (Å²) in [5.74, 6) is -0.0666. The van der Waals surface area contributed by atoms with Crippen molar-refractivity contribution in [1.29, 1.82) is 0 Å². The Bertz CT molecular complexity index is 1110. The van der Waals surface area contributed by atoms with Crippen LogP contribution in [-0.4, -0.2) is 59.7 Å². The second-order valence-corrected chi connectivity index (χ2v) is 12.5. The molecular weight excluding hydrogens is 486 g/mol. The van der Waals surface area contributed by atoms with Crippen molar-refractivity contribution in [2.45, 2.75) is 75.7 Å². The molecule has 192 valence electrons. The monoisotopic (exact) mass is 521 g/mol. The number of sulfonamides is 1. The average Bonchev–Trinajstić information content (AvgIpc) is 3.57. The summed E-state index contributed by atoms with van der Waals surface area (Å²) in [5, 5.41) is 14.8. The molecule has 0 saturated heterocycles. The number of nitrogens with zero attached hydrogens (tertiary/aromatic N) is 2. The Balaban J connectivity index is 1.80. The number of hydrogen-bond acceptors (Lipinski definition) is 7. The number of thiazole rings is 1. The number of carbonyl (C=O) groups excluding carboxylic acids is 2. The lowest BCUT2D eigenvalue weighted by Crippen LogP contribution is -2.50. The molecule has 35 heavy (non-hydrogen) atoms. The van der Waals surface area contributed by atoms with E-state index >= 15 is 0 Å². The van der Waals surface area contributed by atoms with E-state index in [1.807, 2.05) is 30.3 Å².